The summed E-state index contributed by atoms with van der Waals surface area (Å²) in [6, 6.07) is 12.7. The van der Waals surface area contributed by atoms with Crippen LogP contribution in [0.15, 0.2) is 42.5 Å². The molecule has 2 aromatic rings. The summed E-state index contributed by atoms with van der Waals surface area (Å²) in [4.78, 5) is 19.1. The van der Waals surface area contributed by atoms with Gasteiger partial charge in [0.1, 0.15) is 36.2 Å². The van der Waals surface area contributed by atoms with E-state index < -0.39 is 23.8 Å². The number of likely N-dealkylation sites (tertiary alicyclic amines) is 1. The van der Waals surface area contributed by atoms with Gasteiger partial charge in [-0.2, -0.15) is 13.2 Å². The zero-order chi connectivity index (χ0) is 24.0. The number of ether oxygens (including phenoxy) is 4. The molecule has 2 saturated heterocycles. The van der Waals surface area contributed by atoms with Crippen LogP contribution in [0.2, 0.25) is 0 Å². The van der Waals surface area contributed by atoms with Crippen molar-refractivity contribution in [3.05, 3.63) is 53.7 Å². The van der Waals surface area contributed by atoms with Crippen LogP contribution in [-0.4, -0.2) is 61.7 Å². The van der Waals surface area contributed by atoms with Gasteiger partial charge in [0.15, 0.2) is 5.75 Å². The fraction of sp³-hybridized carbons (Fsp3) is 0.500. The van der Waals surface area contributed by atoms with E-state index in [4.69, 9.17) is 18.9 Å². The molecule has 1 saturated carbocycles. The maximum atomic E-state index is 13.2. The Labute approximate surface area is 194 Å². The quantitative estimate of drug-likeness (QED) is 0.627. The van der Waals surface area contributed by atoms with Crippen LogP contribution in [0.5, 0.6) is 11.6 Å². The van der Waals surface area contributed by atoms with E-state index >= 15 is 0 Å². The average Bonchev–Trinajstić information content (AvgIpc) is 3.54. The number of aromatic nitrogens is 1. The second-order valence-corrected chi connectivity index (χ2v) is 8.94. The van der Waals surface area contributed by atoms with E-state index in [1.165, 1.54) is 19.2 Å². The SMILES string of the molecule is COc1nc(C(=O)N2CCC3(c4ccccc4)OCOC3C2)ccc1OCC1(C(F)(F)F)CC1. The molecule has 3 aliphatic rings. The van der Waals surface area contributed by atoms with E-state index in [9.17, 15) is 18.0 Å². The third kappa shape index (κ3) is 3.88. The van der Waals surface area contributed by atoms with Gasteiger partial charge in [-0.3, -0.25) is 4.79 Å². The Hall–Kier alpha value is -2.85. The molecule has 0 radical (unpaired) electrons. The molecule has 1 amide bonds. The van der Waals surface area contributed by atoms with Crippen LogP contribution in [0.4, 0.5) is 13.2 Å². The van der Waals surface area contributed by atoms with Crippen LogP contribution in [0.3, 0.4) is 0 Å². The molecule has 2 atom stereocenters. The molecular weight excluding hydrogens is 453 g/mol. The van der Waals surface area contributed by atoms with E-state index in [2.05, 4.69) is 4.98 Å². The number of nitrogens with zero attached hydrogens (tertiary/aromatic N) is 2. The minimum Gasteiger partial charge on any atom is -0.487 e. The normalized spacial score (nSPS) is 25.5. The number of rotatable bonds is 6. The second kappa shape index (κ2) is 8.42. The number of amides is 1. The van der Waals surface area contributed by atoms with Gasteiger partial charge < -0.3 is 23.8 Å². The molecular formula is C24H25F3N2O5. The molecule has 1 aliphatic carbocycles. The zero-order valence-corrected chi connectivity index (χ0v) is 18.6. The van der Waals surface area contributed by atoms with Crippen LogP contribution >= 0.6 is 0 Å². The van der Waals surface area contributed by atoms with Gasteiger partial charge in [-0.05, 0) is 30.5 Å². The van der Waals surface area contributed by atoms with Gasteiger partial charge in [-0.15, -0.1) is 0 Å². The molecule has 2 unspecified atom stereocenters. The number of methoxy groups -OCH3 is 1. The number of carbonyl (C=O) groups is 1. The Morgan fingerprint density at radius 3 is 2.62 bits per heavy atom. The van der Waals surface area contributed by atoms with Gasteiger partial charge >= 0.3 is 6.18 Å². The van der Waals surface area contributed by atoms with E-state index in [0.29, 0.717) is 19.5 Å². The number of pyridine rings is 1. The standard InChI is InChI=1S/C24H25F3N2O5/c1-31-20-18(32-14-22(9-10-22)24(25,26)27)8-7-17(28-20)21(30)29-12-11-23(16-5-3-2-4-6-16)19(13-29)33-15-34-23/h2-8,19H,9-15H2,1H3. The monoisotopic (exact) mass is 478 g/mol. The van der Waals surface area contributed by atoms with Crippen molar-refractivity contribution in [3.63, 3.8) is 0 Å². The van der Waals surface area contributed by atoms with E-state index in [0.717, 1.165) is 5.56 Å². The first-order valence-electron chi connectivity index (χ1n) is 11.1. The highest BCUT2D eigenvalue weighted by atomic mass is 19.4. The summed E-state index contributed by atoms with van der Waals surface area (Å²) >= 11 is 0. The van der Waals surface area contributed by atoms with Crippen molar-refractivity contribution in [2.45, 2.75) is 37.1 Å². The van der Waals surface area contributed by atoms with Crippen molar-refractivity contribution in [2.75, 3.05) is 33.6 Å². The fourth-order valence-corrected chi connectivity index (χ4v) is 4.63. The fourth-order valence-electron chi connectivity index (χ4n) is 4.63. The summed E-state index contributed by atoms with van der Waals surface area (Å²) in [6.45, 7) is 0.404. The largest absolute Gasteiger partial charge is 0.487 e. The maximum absolute atomic E-state index is 13.2. The summed E-state index contributed by atoms with van der Waals surface area (Å²) in [6.07, 6.45) is -4.01. The zero-order valence-electron chi connectivity index (χ0n) is 18.6. The first-order chi connectivity index (χ1) is 16.3. The third-order valence-electron chi connectivity index (χ3n) is 6.99. The molecule has 1 aromatic carbocycles. The molecule has 0 bridgehead atoms. The number of halogens is 3. The summed E-state index contributed by atoms with van der Waals surface area (Å²) in [5, 5.41) is 0. The second-order valence-electron chi connectivity index (χ2n) is 8.94. The topological polar surface area (TPSA) is 70.1 Å². The lowest BCUT2D eigenvalue weighted by Gasteiger charge is -2.41. The van der Waals surface area contributed by atoms with Crippen molar-refractivity contribution in [3.8, 4) is 11.6 Å². The Morgan fingerprint density at radius 2 is 1.94 bits per heavy atom. The van der Waals surface area contributed by atoms with Gasteiger partial charge in [0, 0.05) is 13.0 Å². The predicted molar refractivity (Wildman–Crippen MR) is 113 cm³/mol. The molecule has 10 heteroatoms. The summed E-state index contributed by atoms with van der Waals surface area (Å²) in [5.74, 6) is -0.278. The number of fused-ring (bicyclic) bond motifs is 1. The third-order valence-corrected chi connectivity index (χ3v) is 6.99. The first-order valence-corrected chi connectivity index (χ1v) is 11.1. The number of hydrogen-bond donors (Lipinski definition) is 0. The van der Waals surface area contributed by atoms with Crippen molar-refractivity contribution in [1.29, 1.82) is 0 Å². The molecule has 3 fully saturated rings. The number of alkyl halides is 3. The molecule has 2 aliphatic heterocycles. The molecule has 34 heavy (non-hydrogen) atoms. The Kier molecular flexibility index (Phi) is 5.68. The smallest absolute Gasteiger partial charge is 0.397 e. The van der Waals surface area contributed by atoms with Crippen LogP contribution in [0, 0.1) is 5.41 Å². The molecule has 1 aromatic heterocycles. The van der Waals surface area contributed by atoms with Crippen molar-refractivity contribution < 1.29 is 36.9 Å². The molecule has 5 rings (SSSR count). The van der Waals surface area contributed by atoms with Gasteiger partial charge in [0.2, 0.25) is 0 Å². The highest BCUT2D eigenvalue weighted by Crippen LogP contribution is 2.57. The van der Waals surface area contributed by atoms with Crippen molar-refractivity contribution in [1.82, 2.24) is 9.88 Å². The lowest BCUT2D eigenvalue weighted by atomic mass is 9.82. The summed E-state index contributed by atoms with van der Waals surface area (Å²) in [7, 11) is 1.33. The van der Waals surface area contributed by atoms with Crippen LogP contribution in [0.25, 0.3) is 0 Å². The Bertz CT molecular complexity index is 1060. The number of carbonyl (C=O) groups excluding carboxylic acids is 1. The lowest BCUT2D eigenvalue weighted by molar-refractivity contribution is -0.194. The van der Waals surface area contributed by atoms with Crippen molar-refractivity contribution in [2.24, 2.45) is 5.41 Å². The maximum Gasteiger partial charge on any atom is 0.397 e. The van der Waals surface area contributed by atoms with Crippen LogP contribution < -0.4 is 9.47 Å². The molecule has 3 heterocycles. The molecule has 182 valence electrons. The highest BCUT2D eigenvalue weighted by Gasteiger charge is 2.64. The number of hydrogen-bond acceptors (Lipinski definition) is 6. The van der Waals surface area contributed by atoms with E-state index in [-0.39, 0.29) is 49.0 Å². The Morgan fingerprint density at radius 1 is 1.18 bits per heavy atom. The minimum absolute atomic E-state index is 0.0279. The van der Waals surface area contributed by atoms with Gasteiger partial charge in [0.05, 0.1) is 13.7 Å². The van der Waals surface area contributed by atoms with Gasteiger partial charge in [-0.25, -0.2) is 4.98 Å². The van der Waals surface area contributed by atoms with Crippen molar-refractivity contribution >= 4 is 5.91 Å². The molecule has 7 nitrogen and oxygen atoms in total. The van der Waals surface area contributed by atoms with Crippen LogP contribution in [-0.2, 0) is 15.1 Å². The minimum atomic E-state index is -4.32. The van der Waals surface area contributed by atoms with Gasteiger partial charge in [-0.1, -0.05) is 30.3 Å². The summed E-state index contributed by atoms with van der Waals surface area (Å²) in [5.41, 5.74) is -1.28. The summed E-state index contributed by atoms with van der Waals surface area (Å²) < 4.78 is 62.0. The Balaban J connectivity index is 1.29. The first kappa shape index (κ1) is 22.9. The molecule has 0 spiro atoms. The van der Waals surface area contributed by atoms with E-state index in [1.807, 2.05) is 30.3 Å². The van der Waals surface area contributed by atoms with Crippen LogP contribution in [0.1, 0.15) is 35.3 Å². The highest BCUT2D eigenvalue weighted by molar-refractivity contribution is 5.92. The van der Waals surface area contributed by atoms with E-state index in [1.54, 1.807) is 4.90 Å². The average molecular weight is 478 g/mol. The van der Waals surface area contributed by atoms with Gasteiger partial charge in [0.25, 0.3) is 11.8 Å². The lowest BCUT2D eigenvalue weighted by Crippen LogP contribution is -2.53. The number of piperidine rings is 1. The number of benzene rings is 1. The molecule has 0 N–H and O–H groups in total. The predicted octanol–water partition coefficient (Wildman–Crippen LogP) is 3.93.